The first kappa shape index (κ1) is 21.4. The van der Waals surface area contributed by atoms with Gasteiger partial charge >= 0.3 is 0 Å². The van der Waals surface area contributed by atoms with E-state index in [0.29, 0.717) is 22.0 Å². The molecular weight excluding hydrogens is 404 g/mol. The van der Waals surface area contributed by atoms with Gasteiger partial charge < -0.3 is 15.2 Å². The Morgan fingerprint density at radius 2 is 1.73 bits per heavy atom. The molecular formula is C22H23ClN4O3. The van der Waals surface area contributed by atoms with Crippen molar-refractivity contribution in [2.24, 2.45) is 0 Å². The van der Waals surface area contributed by atoms with Crippen LogP contribution in [0.5, 0.6) is 0 Å². The van der Waals surface area contributed by atoms with Gasteiger partial charge in [0.25, 0.3) is 5.91 Å². The second kappa shape index (κ2) is 9.00. The molecule has 3 aromatic rings. The van der Waals surface area contributed by atoms with Crippen molar-refractivity contribution in [3.63, 3.8) is 0 Å². The molecule has 0 bridgehead atoms. The van der Waals surface area contributed by atoms with Gasteiger partial charge in [0, 0.05) is 27.9 Å². The van der Waals surface area contributed by atoms with Gasteiger partial charge in [0.15, 0.2) is 0 Å². The molecule has 0 aliphatic carbocycles. The van der Waals surface area contributed by atoms with Crippen molar-refractivity contribution in [3.8, 4) is 0 Å². The number of carbonyl (C=O) groups excluding carboxylic acids is 2. The van der Waals surface area contributed by atoms with E-state index in [0.717, 1.165) is 5.69 Å². The summed E-state index contributed by atoms with van der Waals surface area (Å²) < 4.78 is 5.17. The third-order valence-electron chi connectivity index (χ3n) is 4.25. The number of nitrogens with one attached hydrogen (secondary N) is 3. The largest absolute Gasteiger partial charge is 0.375 e. The summed E-state index contributed by atoms with van der Waals surface area (Å²) in [5.74, 6) is -0.342. The zero-order valence-corrected chi connectivity index (χ0v) is 17.7. The fraction of sp³-hybridized carbons (Fsp3) is 0.227. The summed E-state index contributed by atoms with van der Waals surface area (Å²) in [6.45, 7) is 5.97. The van der Waals surface area contributed by atoms with Gasteiger partial charge in [0.05, 0.1) is 17.8 Å². The van der Waals surface area contributed by atoms with Gasteiger partial charge in [-0.3, -0.25) is 14.9 Å². The molecule has 2 aromatic carbocycles. The normalized spacial score (nSPS) is 11.1. The number of rotatable bonds is 6. The van der Waals surface area contributed by atoms with Crippen LogP contribution in [0.15, 0.2) is 59.1 Å². The van der Waals surface area contributed by atoms with Crippen molar-refractivity contribution >= 4 is 40.7 Å². The maximum atomic E-state index is 12.6. The Kier molecular flexibility index (Phi) is 6.42. The number of benzene rings is 2. The van der Waals surface area contributed by atoms with Crippen LogP contribution in [0, 0.1) is 0 Å². The minimum Gasteiger partial charge on any atom is -0.375 e. The molecule has 0 aliphatic rings. The molecule has 3 rings (SSSR count). The molecule has 1 aromatic heterocycles. The zero-order chi connectivity index (χ0) is 21.7. The van der Waals surface area contributed by atoms with Gasteiger partial charge in [-0.15, -0.1) is 0 Å². The van der Waals surface area contributed by atoms with Crippen molar-refractivity contribution in [2.75, 3.05) is 22.5 Å². The molecule has 0 radical (unpaired) electrons. The fourth-order valence-electron chi connectivity index (χ4n) is 2.61. The summed E-state index contributed by atoms with van der Waals surface area (Å²) >= 11 is 5.87. The van der Waals surface area contributed by atoms with Crippen LogP contribution < -0.4 is 16.0 Å². The highest BCUT2D eigenvalue weighted by Gasteiger charge is 2.20. The summed E-state index contributed by atoms with van der Waals surface area (Å²) in [6.07, 6.45) is 0. The van der Waals surface area contributed by atoms with E-state index >= 15 is 0 Å². The van der Waals surface area contributed by atoms with Crippen molar-refractivity contribution in [1.29, 1.82) is 0 Å². The van der Waals surface area contributed by atoms with Crippen molar-refractivity contribution in [1.82, 2.24) is 5.16 Å². The molecule has 8 heteroatoms. The molecule has 3 N–H and O–H groups in total. The van der Waals surface area contributed by atoms with Crippen molar-refractivity contribution < 1.29 is 14.1 Å². The zero-order valence-electron chi connectivity index (χ0n) is 17.0. The van der Waals surface area contributed by atoms with E-state index in [2.05, 4.69) is 21.1 Å². The monoisotopic (exact) mass is 426 g/mol. The number of amides is 2. The SMILES string of the molecule is CC(C)(C)c1cc(NC(=O)CNc2ccccc2C(=O)Nc2ccc(Cl)cc2)on1. The van der Waals surface area contributed by atoms with Crippen LogP contribution in [0.2, 0.25) is 5.02 Å². The lowest BCUT2D eigenvalue weighted by atomic mass is 9.92. The lowest BCUT2D eigenvalue weighted by Gasteiger charge is -2.12. The van der Waals surface area contributed by atoms with E-state index in [4.69, 9.17) is 16.1 Å². The number of para-hydroxylation sites is 1. The van der Waals surface area contributed by atoms with Gasteiger partial charge in [-0.2, -0.15) is 0 Å². The third kappa shape index (κ3) is 5.61. The Balaban J connectivity index is 1.61. The van der Waals surface area contributed by atoms with E-state index in [1.165, 1.54) is 0 Å². The molecule has 0 aliphatic heterocycles. The smallest absolute Gasteiger partial charge is 0.257 e. The average Bonchev–Trinajstić information content (AvgIpc) is 3.17. The van der Waals surface area contributed by atoms with Crippen LogP contribution in [0.3, 0.4) is 0 Å². The molecule has 156 valence electrons. The maximum absolute atomic E-state index is 12.6. The van der Waals surface area contributed by atoms with E-state index in [-0.39, 0.29) is 29.7 Å². The third-order valence-corrected chi connectivity index (χ3v) is 4.51. The Morgan fingerprint density at radius 3 is 2.40 bits per heavy atom. The second-order valence-electron chi connectivity index (χ2n) is 7.73. The van der Waals surface area contributed by atoms with Crippen LogP contribution in [-0.4, -0.2) is 23.5 Å². The minimum absolute atomic E-state index is 0.0449. The van der Waals surface area contributed by atoms with Crippen molar-refractivity contribution in [2.45, 2.75) is 26.2 Å². The topological polar surface area (TPSA) is 96.3 Å². The number of anilines is 3. The van der Waals surface area contributed by atoms with Crippen LogP contribution in [0.25, 0.3) is 0 Å². The molecule has 0 saturated carbocycles. The fourth-order valence-corrected chi connectivity index (χ4v) is 2.74. The van der Waals surface area contributed by atoms with Gasteiger partial charge in [0.2, 0.25) is 11.8 Å². The van der Waals surface area contributed by atoms with Crippen molar-refractivity contribution in [3.05, 3.63) is 70.9 Å². The van der Waals surface area contributed by atoms with Crippen LogP contribution >= 0.6 is 11.6 Å². The highest BCUT2D eigenvalue weighted by atomic mass is 35.5. The van der Waals surface area contributed by atoms with Gasteiger partial charge in [-0.25, -0.2) is 0 Å². The van der Waals surface area contributed by atoms with Gasteiger partial charge in [-0.1, -0.05) is 49.7 Å². The number of hydrogen-bond acceptors (Lipinski definition) is 5. The highest BCUT2D eigenvalue weighted by Crippen LogP contribution is 2.23. The summed E-state index contributed by atoms with van der Waals surface area (Å²) in [5, 5.41) is 13.0. The summed E-state index contributed by atoms with van der Waals surface area (Å²) in [5.41, 5.74) is 2.13. The Bertz CT molecular complexity index is 1040. The first-order valence-corrected chi connectivity index (χ1v) is 9.77. The quantitative estimate of drug-likeness (QED) is 0.519. The minimum atomic E-state index is -0.320. The Hall–Kier alpha value is -3.32. The maximum Gasteiger partial charge on any atom is 0.257 e. The first-order valence-electron chi connectivity index (χ1n) is 9.39. The highest BCUT2D eigenvalue weighted by molar-refractivity contribution is 6.30. The molecule has 30 heavy (non-hydrogen) atoms. The lowest BCUT2D eigenvalue weighted by molar-refractivity contribution is -0.114. The van der Waals surface area contributed by atoms with E-state index in [1.807, 2.05) is 20.8 Å². The molecule has 0 saturated heterocycles. The molecule has 7 nitrogen and oxygen atoms in total. The van der Waals surface area contributed by atoms with Crippen LogP contribution in [0.1, 0.15) is 36.8 Å². The predicted molar refractivity (Wildman–Crippen MR) is 118 cm³/mol. The summed E-state index contributed by atoms with van der Waals surface area (Å²) in [7, 11) is 0. The number of carbonyl (C=O) groups is 2. The van der Waals surface area contributed by atoms with Gasteiger partial charge in [-0.05, 0) is 36.4 Å². The van der Waals surface area contributed by atoms with E-state index in [1.54, 1.807) is 54.6 Å². The van der Waals surface area contributed by atoms with Crippen LogP contribution in [0.4, 0.5) is 17.3 Å². The predicted octanol–water partition coefficient (Wildman–Crippen LogP) is 4.93. The van der Waals surface area contributed by atoms with Gasteiger partial charge in [0.1, 0.15) is 0 Å². The standard InChI is InChI=1S/C22H23ClN4O3/c1-22(2,3)18-12-20(30-27-18)26-19(28)13-24-17-7-5-4-6-16(17)21(29)25-15-10-8-14(23)9-11-15/h4-12,24H,13H2,1-3H3,(H,25,29)(H,26,28). The molecule has 0 atom stereocenters. The van der Waals surface area contributed by atoms with E-state index in [9.17, 15) is 9.59 Å². The first-order chi connectivity index (χ1) is 14.2. The molecule has 0 unspecified atom stereocenters. The number of nitrogens with zero attached hydrogens (tertiary/aromatic N) is 1. The number of aromatic nitrogens is 1. The lowest BCUT2D eigenvalue weighted by Crippen LogP contribution is -2.23. The van der Waals surface area contributed by atoms with Crippen LogP contribution in [-0.2, 0) is 10.2 Å². The Labute approximate surface area is 179 Å². The molecule has 0 spiro atoms. The Morgan fingerprint density at radius 1 is 1.03 bits per heavy atom. The molecule has 2 amide bonds. The molecule has 1 heterocycles. The summed E-state index contributed by atoms with van der Waals surface area (Å²) in [4.78, 5) is 24.9. The molecule has 0 fully saturated rings. The second-order valence-corrected chi connectivity index (χ2v) is 8.17. The number of halogens is 1. The summed E-state index contributed by atoms with van der Waals surface area (Å²) in [6, 6.07) is 15.5. The number of hydrogen-bond donors (Lipinski definition) is 3. The average molecular weight is 427 g/mol. The van der Waals surface area contributed by atoms with E-state index < -0.39 is 0 Å².